The summed E-state index contributed by atoms with van der Waals surface area (Å²) in [4.78, 5) is 27.6. The lowest BCUT2D eigenvalue weighted by molar-refractivity contribution is -0.161. The van der Waals surface area contributed by atoms with Gasteiger partial charge in [0.25, 0.3) is 0 Å². The van der Waals surface area contributed by atoms with Crippen LogP contribution in [0.4, 0.5) is 0 Å². The Labute approximate surface area is 181 Å². The molecule has 2 bridgehead atoms. The summed E-state index contributed by atoms with van der Waals surface area (Å²) in [6.45, 7) is 5.68. The van der Waals surface area contributed by atoms with Crippen LogP contribution in [0.25, 0.3) is 5.57 Å². The van der Waals surface area contributed by atoms with E-state index in [1.165, 1.54) is 0 Å². The fourth-order valence-corrected chi connectivity index (χ4v) is 6.04. The van der Waals surface area contributed by atoms with E-state index in [1.807, 2.05) is 42.5 Å². The average molecular weight is 415 g/mol. The number of ketones is 2. The molecular weight excluding hydrogens is 388 g/mol. The zero-order valence-electron chi connectivity index (χ0n) is 17.9. The summed E-state index contributed by atoms with van der Waals surface area (Å²) >= 11 is 0. The first kappa shape index (κ1) is 20.0. The predicted molar refractivity (Wildman–Crippen MR) is 118 cm³/mol. The number of allylic oxidation sites excluding steroid dienone is 3. The van der Waals surface area contributed by atoms with Gasteiger partial charge in [-0.25, -0.2) is 0 Å². The quantitative estimate of drug-likeness (QED) is 0.743. The lowest BCUT2D eigenvalue weighted by Gasteiger charge is -2.57. The van der Waals surface area contributed by atoms with Crippen LogP contribution >= 0.6 is 0 Å². The summed E-state index contributed by atoms with van der Waals surface area (Å²) in [5.41, 5.74) is 0.770. The van der Waals surface area contributed by atoms with E-state index < -0.39 is 28.8 Å². The van der Waals surface area contributed by atoms with Crippen molar-refractivity contribution < 1.29 is 19.8 Å². The number of carbonyl (C=O) groups excluding carboxylic acids is 2. The molecular formula is C27H26O4. The van der Waals surface area contributed by atoms with Crippen LogP contribution in [0.2, 0.25) is 0 Å². The molecule has 4 nitrogen and oxygen atoms in total. The molecule has 4 heteroatoms. The highest BCUT2D eigenvalue weighted by molar-refractivity contribution is 6.26. The first-order valence-corrected chi connectivity index (χ1v) is 10.8. The molecule has 0 aliphatic heterocycles. The molecule has 0 aromatic heterocycles. The molecule has 4 aliphatic rings. The van der Waals surface area contributed by atoms with E-state index in [4.69, 9.17) is 0 Å². The molecule has 2 aromatic carbocycles. The van der Waals surface area contributed by atoms with Crippen molar-refractivity contribution in [2.45, 2.75) is 31.8 Å². The fourth-order valence-electron chi connectivity index (χ4n) is 6.04. The van der Waals surface area contributed by atoms with Crippen LogP contribution in [0.1, 0.15) is 31.9 Å². The summed E-state index contributed by atoms with van der Waals surface area (Å²) in [5, 5.41) is 21.0. The molecule has 0 radical (unpaired) electrons. The van der Waals surface area contributed by atoms with Crippen molar-refractivity contribution in [2.75, 3.05) is 0 Å². The van der Waals surface area contributed by atoms with E-state index in [0.29, 0.717) is 11.1 Å². The second-order valence-corrected chi connectivity index (χ2v) is 9.54. The Morgan fingerprint density at radius 3 is 2.23 bits per heavy atom. The molecule has 6 rings (SSSR count). The molecule has 5 atom stereocenters. The van der Waals surface area contributed by atoms with Gasteiger partial charge in [-0.05, 0) is 36.1 Å². The molecule has 0 heterocycles. The van der Waals surface area contributed by atoms with E-state index >= 15 is 0 Å². The van der Waals surface area contributed by atoms with Gasteiger partial charge in [0.15, 0.2) is 11.6 Å². The Hall–Kier alpha value is -2.98. The monoisotopic (exact) mass is 414 g/mol. The highest BCUT2D eigenvalue weighted by Crippen LogP contribution is 2.64. The van der Waals surface area contributed by atoms with Crippen molar-refractivity contribution in [2.24, 2.45) is 23.7 Å². The van der Waals surface area contributed by atoms with Gasteiger partial charge in [-0.15, -0.1) is 0 Å². The average Bonchev–Trinajstić information content (AvgIpc) is 3.07. The fraction of sp³-hybridized carbons (Fsp3) is 0.333. The number of phenolic OH excluding ortho intramolecular Hbond substituents is 1. The van der Waals surface area contributed by atoms with E-state index in [1.54, 1.807) is 31.2 Å². The topological polar surface area (TPSA) is 74.6 Å². The summed E-state index contributed by atoms with van der Waals surface area (Å²) < 4.78 is 0. The number of hydrogen-bond acceptors (Lipinski definition) is 4. The van der Waals surface area contributed by atoms with Crippen molar-refractivity contribution in [3.63, 3.8) is 0 Å². The van der Waals surface area contributed by atoms with Crippen LogP contribution in [0.5, 0.6) is 5.75 Å². The molecule has 0 amide bonds. The van der Waals surface area contributed by atoms with E-state index in [2.05, 4.69) is 13.8 Å². The number of carbonyl (C=O) groups is 2. The molecule has 1 saturated carbocycles. The van der Waals surface area contributed by atoms with Crippen molar-refractivity contribution >= 4 is 17.1 Å². The van der Waals surface area contributed by atoms with Crippen LogP contribution in [-0.4, -0.2) is 27.4 Å². The smallest absolute Gasteiger partial charge is 0.173 e. The molecule has 4 aliphatic carbocycles. The zero-order valence-corrected chi connectivity index (χ0v) is 17.9. The number of hydrogen-bond donors (Lipinski definition) is 2. The number of phenols is 1. The SMILES string of the molecule is CC(C)C1=C[C@H]2[C@H]3C(=O)C(c4ccc(O)cc4)=C[C@@]3(c3ccccc3)[C@@H]1C(=O)[C@]2(C)O. The maximum absolute atomic E-state index is 13.9. The largest absolute Gasteiger partial charge is 0.508 e. The third-order valence-corrected chi connectivity index (χ3v) is 7.52. The third kappa shape index (κ3) is 2.51. The standard InChI is InChI=1S/C27H26O4/c1-15(2)19-13-21-23-24(29)20(16-9-11-18(28)12-10-16)14-27(23,17-7-5-4-6-8-17)22(19)25(30)26(21,3)31/h4-15,21-23,28,31H,1-3H3/t21-,22-,23-,26+,27+/m0/s1. The van der Waals surface area contributed by atoms with Gasteiger partial charge < -0.3 is 10.2 Å². The van der Waals surface area contributed by atoms with Gasteiger partial charge in [0, 0.05) is 22.8 Å². The van der Waals surface area contributed by atoms with Crippen molar-refractivity contribution in [1.82, 2.24) is 0 Å². The Bertz CT molecular complexity index is 1140. The number of benzene rings is 2. The van der Waals surface area contributed by atoms with E-state index in [9.17, 15) is 19.8 Å². The second kappa shape index (κ2) is 6.51. The minimum Gasteiger partial charge on any atom is -0.508 e. The molecule has 31 heavy (non-hydrogen) atoms. The van der Waals surface area contributed by atoms with Gasteiger partial charge in [0.05, 0.1) is 5.92 Å². The number of aliphatic hydroxyl groups is 1. The molecule has 1 fully saturated rings. The first-order chi connectivity index (χ1) is 14.7. The maximum atomic E-state index is 13.9. The highest BCUT2D eigenvalue weighted by atomic mass is 16.3. The lowest BCUT2D eigenvalue weighted by Crippen LogP contribution is -2.66. The Balaban J connectivity index is 1.82. The van der Waals surface area contributed by atoms with Gasteiger partial charge in [0.1, 0.15) is 11.4 Å². The maximum Gasteiger partial charge on any atom is 0.173 e. The normalized spacial score (nSPS) is 34.0. The Kier molecular flexibility index (Phi) is 4.19. The summed E-state index contributed by atoms with van der Waals surface area (Å²) in [6, 6.07) is 16.3. The molecule has 0 spiro atoms. The van der Waals surface area contributed by atoms with Gasteiger partial charge in [-0.2, -0.15) is 0 Å². The summed E-state index contributed by atoms with van der Waals surface area (Å²) in [7, 11) is 0. The minimum absolute atomic E-state index is 0.0589. The van der Waals surface area contributed by atoms with Crippen molar-refractivity contribution in [1.29, 1.82) is 0 Å². The van der Waals surface area contributed by atoms with Gasteiger partial charge in [-0.3, -0.25) is 9.59 Å². The van der Waals surface area contributed by atoms with Crippen LogP contribution in [0.3, 0.4) is 0 Å². The molecule has 0 unspecified atom stereocenters. The van der Waals surface area contributed by atoms with E-state index in [-0.39, 0.29) is 23.2 Å². The second-order valence-electron chi connectivity index (χ2n) is 9.54. The number of fused-ring (bicyclic) bond motifs is 1. The number of Topliss-reactive ketones (excluding diaryl/α,β-unsaturated/α-hetero) is 2. The van der Waals surface area contributed by atoms with Crippen LogP contribution in [0, 0.1) is 23.7 Å². The highest BCUT2D eigenvalue weighted by Gasteiger charge is 2.70. The first-order valence-electron chi connectivity index (χ1n) is 10.8. The van der Waals surface area contributed by atoms with Crippen molar-refractivity contribution in [3.05, 3.63) is 83.4 Å². The van der Waals surface area contributed by atoms with Gasteiger partial charge in [-0.1, -0.05) is 74.0 Å². The Morgan fingerprint density at radius 2 is 1.61 bits per heavy atom. The van der Waals surface area contributed by atoms with Crippen molar-refractivity contribution in [3.8, 4) is 5.75 Å². The Morgan fingerprint density at radius 1 is 0.968 bits per heavy atom. The number of rotatable bonds is 3. The van der Waals surface area contributed by atoms with Crippen LogP contribution in [0.15, 0.2) is 72.3 Å². The van der Waals surface area contributed by atoms with Gasteiger partial charge >= 0.3 is 0 Å². The third-order valence-electron chi connectivity index (χ3n) is 7.52. The molecule has 0 saturated heterocycles. The summed E-state index contributed by atoms with van der Waals surface area (Å²) in [6.07, 6.45) is 3.97. The minimum atomic E-state index is -1.58. The number of aromatic hydroxyl groups is 1. The molecule has 2 aromatic rings. The van der Waals surface area contributed by atoms with Crippen LogP contribution in [-0.2, 0) is 15.0 Å². The van der Waals surface area contributed by atoms with Crippen LogP contribution < -0.4 is 0 Å². The zero-order chi connectivity index (χ0) is 22.1. The summed E-state index contributed by atoms with van der Waals surface area (Å²) in [5.74, 6) is -1.77. The van der Waals surface area contributed by atoms with Gasteiger partial charge in [0.2, 0.25) is 0 Å². The molecule has 2 N–H and O–H groups in total. The lowest BCUT2D eigenvalue weighted by atomic mass is 9.44. The predicted octanol–water partition coefficient (Wildman–Crippen LogP) is 4.07. The van der Waals surface area contributed by atoms with E-state index in [0.717, 1.165) is 11.1 Å². The molecule has 158 valence electrons.